The lowest BCUT2D eigenvalue weighted by Gasteiger charge is -2.07. The molecule has 4 rings (SSSR count). The van der Waals surface area contributed by atoms with Crippen molar-refractivity contribution in [2.24, 2.45) is 0 Å². The highest BCUT2D eigenvalue weighted by atomic mass is 15.5. The number of tetrazole rings is 1. The van der Waals surface area contributed by atoms with Gasteiger partial charge in [0.2, 0.25) is 0 Å². The largest absolute Gasteiger partial charge is 0.193 e. The topological polar surface area (TPSA) is 43.1 Å². The van der Waals surface area contributed by atoms with Gasteiger partial charge in [-0.25, -0.2) is 0 Å². The minimum atomic E-state index is 0.787. The first-order valence-corrected chi connectivity index (χ1v) is 5.84. The number of aryl methyl sites for hydroxylation is 1. The zero-order valence-corrected chi connectivity index (χ0v) is 9.83. The second-order valence-corrected chi connectivity index (χ2v) is 4.46. The van der Waals surface area contributed by atoms with Crippen LogP contribution in [0.4, 0.5) is 0 Å². The number of nitrogens with zero attached hydrogens (tertiary/aromatic N) is 4. The molecule has 0 unspecified atom stereocenters. The molecule has 0 spiro atoms. The smallest absolute Gasteiger partial charge is 0.180 e. The van der Waals surface area contributed by atoms with Crippen LogP contribution in [0, 0.1) is 6.92 Å². The van der Waals surface area contributed by atoms with Crippen molar-refractivity contribution in [2.45, 2.75) is 6.92 Å². The minimum absolute atomic E-state index is 0.787. The Balaban J connectivity index is 2.38. The highest BCUT2D eigenvalue weighted by molar-refractivity contribution is 6.08. The monoisotopic (exact) mass is 234 g/mol. The third-order valence-electron chi connectivity index (χ3n) is 3.37. The molecule has 4 nitrogen and oxygen atoms in total. The molecule has 0 atom stereocenters. The van der Waals surface area contributed by atoms with Gasteiger partial charge in [-0.1, -0.05) is 30.3 Å². The number of benzene rings is 2. The second kappa shape index (κ2) is 3.26. The van der Waals surface area contributed by atoms with Crippen molar-refractivity contribution in [3.05, 3.63) is 48.0 Å². The van der Waals surface area contributed by atoms with E-state index in [0.29, 0.717) is 0 Å². The Labute approximate surface area is 103 Å². The average molecular weight is 234 g/mol. The van der Waals surface area contributed by atoms with Gasteiger partial charge in [-0.3, -0.25) is 0 Å². The third kappa shape index (κ3) is 1.12. The predicted octanol–water partition coefficient (Wildman–Crippen LogP) is 2.74. The van der Waals surface area contributed by atoms with Crippen LogP contribution in [0.25, 0.3) is 27.3 Å². The number of rotatable bonds is 0. The van der Waals surface area contributed by atoms with E-state index in [1.807, 2.05) is 6.07 Å². The summed E-state index contributed by atoms with van der Waals surface area (Å²) >= 11 is 0. The minimum Gasteiger partial charge on any atom is -0.193 e. The maximum absolute atomic E-state index is 4.05. The van der Waals surface area contributed by atoms with E-state index in [0.717, 1.165) is 11.2 Å². The molecule has 0 saturated heterocycles. The van der Waals surface area contributed by atoms with Gasteiger partial charge < -0.3 is 0 Å². The molecule has 4 heteroatoms. The summed E-state index contributed by atoms with van der Waals surface area (Å²) in [5.74, 6) is 0. The summed E-state index contributed by atoms with van der Waals surface area (Å²) < 4.78 is 1.79. The summed E-state index contributed by atoms with van der Waals surface area (Å²) in [6.45, 7) is 2.10. The second-order valence-electron chi connectivity index (χ2n) is 4.46. The molecule has 2 aromatic carbocycles. The molecule has 0 aliphatic rings. The normalized spacial score (nSPS) is 11.6. The lowest BCUT2D eigenvalue weighted by atomic mass is 10.0. The van der Waals surface area contributed by atoms with Crippen LogP contribution in [0.1, 0.15) is 5.56 Å². The molecule has 0 amide bonds. The molecule has 2 heterocycles. The molecule has 4 aromatic rings. The van der Waals surface area contributed by atoms with Crippen molar-refractivity contribution in [1.82, 2.24) is 20.0 Å². The molecule has 2 aromatic heterocycles. The molecule has 0 saturated carbocycles. The summed E-state index contributed by atoms with van der Waals surface area (Å²) in [6.07, 6.45) is 0. The highest BCUT2D eigenvalue weighted by Gasteiger charge is 2.09. The fourth-order valence-electron chi connectivity index (χ4n) is 2.57. The molecule has 18 heavy (non-hydrogen) atoms. The number of pyridine rings is 1. The first kappa shape index (κ1) is 9.53. The van der Waals surface area contributed by atoms with E-state index >= 15 is 0 Å². The Kier molecular flexibility index (Phi) is 1.73. The summed E-state index contributed by atoms with van der Waals surface area (Å²) in [4.78, 5) is 0. The number of hydrogen-bond donors (Lipinski definition) is 0. The van der Waals surface area contributed by atoms with Gasteiger partial charge in [-0.15, -0.1) is 5.10 Å². The van der Waals surface area contributed by atoms with E-state index in [2.05, 4.69) is 58.8 Å². The molecule has 0 bridgehead atoms. The van der Waals surface area contributed by atoms with Crippen molar-refractivity contribution in [3.8, 4) is 0 Å². The van der Waals surface area contributed by atoms with Gasteiger partial charge in [-0.05, 0) is 45.8 Å². The molecule has 0 aliphatic carbocycles. The quantitative estimate of drug-likeness (QED) is 0.439. The summed E-state index contributed by atoms with van der Waals surface area (Å²) in [6, 6.07) is 14.6. The SMILES string of the molecule is Cc1cc2nnnn2c2ccc3ccccc3c12. The van der Waals surface area contributed by atoms with Crippen LogP contribution in [-0.2, 0) is 0 Å². The zero-order chi connectivity index (χ0) is 12.1. The van der Waals surface area contributed by atoms with Gasteiger partial charge >= 0.3 is 0 Å². The van der Waals surface area contributed by atoms with Crippen LogP contribution in [0.5, 0.6) is 0 Å². The van der Waals surface area contributed by atoms with Crippen LogP contribution in [0.3, 0.4) is 0 Å². The summed E-state index contributed by atoms with van der Waals surface area (Å²) in [5, 5.41) is 15.5. The number of hydrogen-bond acceptors (Lipinski definition) is 3. The number of aromatic nitrogens is 4. The van der Waals surface area contributed by atoms with E-state index in [-0.39, 0.29) is 0 Å². The molecular weight excluding hydrogens is 224 g/mol. The molecule has 0 fully saturated rings. The first-order chi connectivity index (χ1) is 8.84. The maximum Gasteiger partial charge on any atom is 0.180 e. The van der Waals surface area contributed by atoms with E-state index in [1.165, 1.54) is 21.7 Å². The van der Waals surface area contributed by atoms with Gasteiger partial charge in [0.25, 0.3) is 0 Å². The van der Waals surface area contributed by atoms with Crippen molar-refractivity contribution < 1.29 is 0 Å². The average Bonchev–Trinajstić information content (AvgIpc) is 2.86. The van der Waals surface area contributed by atoms with Gasteiger partial charge in [0.1, 0.15) is 0 Å². The van der Waals surface area contributed by atoms with E-state index < -0.39 is 0 Å². The summed E-state index contributed by atoms with van der Waals surface area (Å²) in [7, 11) is 0. The van der Waals surface area contributed by atoms with Crippen LogP contribution in [0.15, 0.2) is 42.5 Å². The Bertz CT molecular complexity index is 892. The molecule has 0 radical (unpaired) electrons. The van der Waals surface area contributed by atoms with Crippen LogP contribution < -0.4 is 0 Å². The van der Waals surface area contributed by atoms with Crippen molar-refractivity contribution in [1.29, 1.82) is 0 Å². The first-order valence-electron chi connectivity index (χ1n) is 5.84. The van der Waals surface area contributed by atoms with Gasteiger partial charge in [0.15, 0.2) is 5.65 Å². The standard InChI is InChI=1S/C14H10N4/c1-9-8-13-15-16-17-18(13)12-7-6-10-4-2-3-5-11(10)14(9)12/h2-8H,1H3. The Morgan fingerprint density at radius 3 is 2.89 bits per heavy atom. The number of fused-ring (bicyclic) bond motifs is 5. The Hall–Kier alpha value is -2.49. The third-order valence-corrected chi connectivity index (χ3v) is 3.37. The highest BCUT2D eigenvalue weighted by Crippen LogP contribution is 2.28. The van der Waals surface area contributed by atoms with Gasteiger partial charge in [0, 0.05) is 5.39 Å². The van der Waals surface area contributed by atoms with Crippen molar-refractivity contribution >= 4 is 27.3 Å². The van der Waals surface area contributed by atoms with Crippen LogP contribution in [-0.4, -0.2) is 20.0 Å². The van der Waals surface area contributed by atoms with E-state index in [9.17, 15) is 0 Å². The molecule has 86 valence electrons. The van der Waals surface area contributed by atoms with Crippen molar-refractivity contribution in [3.63, 3.8) is 0 Å². The van der Waals surface area contributed by atoms with Crippen LogP contribution in [0.2, 0.25) is 0 Å². The fourth-order valence-corrected chi connectivity index (χ4v) is 2.57. The maximum atomic E-state index is 4.05. The van der Waals surface area contributed by atoms with Crippen LogP contribution >= 0.6 is 0 Å². The molecular formula is C14H10N4. The molecule has 0 aliphatic heterocycles. The predicted molar refractivity (Wildman–Crippen MR) is 70.5 cm³/mol. The molecule has 0 N–H and O–H groups in total. The fraction of sp³-hybridized carbons (Fsp3) is 0.0714. The van der Waals surface area contributed by atoms with Gasteiger partial charge in [-0.2, -0.15) is 4.52 Å². The lowest BCUT2D eigenvalue weighted by Crippen LogP contribution is -1.93. The van der Waals surface area contributed by atoms with E-state index in [4.69, 9.17) is 0 Å². The van der Waals surface area contributed by atoms with Gasteiger partial charge in [0.05, 0.1) is 5.52 Å². The summed E-state index contributed by atoms with van der Waals surface area (Å²) in [5.41, 5.74) is 3.04. The lowest BCUT2D eigenvalue weighted by molar-refractivity contribution is 0.841. The Morgan fingerprint density at radius 1 is 1.06 bits per heavy atom. The van der Waals surface area contributed by atoms with Crippen molar-refractivity contribution in [2.75, 3.05) is 0 Å². The zero-order valence-electron chi connectivity index (χ0n) is 9.83. The van der Waals surface area contributed by atoms with E-state index in [1.54, 1.807) is 4.52 Å². The Morgan fingerprint density at radius 2 is 1.94 bits per heavy atom.